The molecule has 1 heterocycles. The van der Waals surface area contributed by atoms with E-state index < -0.39 is 0 Å². The number of aryl methyl sites for hydroxylation is 3. The Kier molecular flexibility index (Phi) is 6.86. The van der Waals surface area contributed by atoms with Gasteiger partial charge in [0.05, 0.1) is 13.4 Å². The monoisotopic (exact) mass is 420 g/mol. The zero-order valence-corrected chi connectivity index (χ0v) is 19.6. The van der Waals surface area contributed by atoms with Gasteiger partial charge in [-0.1, -0.05) is 23.8 Å². The molecule has 0 aliphatic heterocycles. The lowest BCUT2D eigenvalue weighted by Crippen LogP contribution is -2.30. The average molecular weight is 421 g/mol. The molecule has 164 valence electrons. The van der Waals surface area contributed by atoms with Crippen molar-refractivity contribution in [2.75, 3.05) is 34.3 Å². The summed E-state index contributed by atoms with van der Waals surface area (Å²) >= 11 is 0. The Hall–Kier alpha value is -3.05. The molecule has 3 aromatic rings. The van der Waals surface area contributed by atoms with E-state index >= 15 is 0 Å². The van der Waals surface area contributed by atoms with E-state index in [1.165, 1.54) is 11.1 Å². The number of ether oxygens (including phenoxy) is 1. The Morgan fingerprint density at radius 1 is 1.16 bits per heavy atom. The summed E-state index contributed by atoms with van der Waals surface area (Å²) in [7, 11) is 5.61. The molecule has 0 unspecified atom stereocenters. The van der Waals surface area contributed by atoms with Crippen molar-refractivity contribution in [1.82, 2.24) is 10.2 Å². The van der Waals surface area contributed by atoms with Crippen LogP contribution in [0, 0.1) is 20.8 Å². The molecule has 3 rings (SSSR count). The average Bonchev–Trinajstić information content (AvgIpc) is 3.11. The molecule has 31 heavy (non-hydrogen) atoms. The van der Waals surface area contributed by atoms with E-state index in [0.29, 0.717) is 6.54 Å². The summed E-state index contributed by atoms with van der Waals surface area (Å²) in [5.74, 6) is 0.616. The summed E-state index contributed by atoms with van der Waals surface area (Å²) in [6.07, 6.45) is 3.45. The molecule has 0 aliphatic rings. The van der Waals surface area contributed by atoms with E-state index in [9.17, 15) is 4.79 Å². The molecule has 0 radical (unpaired) electrons. The highest BCUT2D eigenvalue weighted by Gasteiger charge is 2.19. The zero-order chi connectivity index (χ0) is 22.7. The van der Waals surface area contributed by atoms with Crippen LogP contribution < -0.4 is 10.1 Å². The molecule has 1 amide bonds. The van der Waals surface area contributed by atoms with Crippen molar-refractivity contribution >= 4 is 22.4 Å². The zero-order valence-electron chi connectivity index (χ0n) is 19.6. The van der Waals surface area contributed by atoms with Crippen molar-refractivity contribution in [2.24, 2.45) is 0 Å². The summed E-state index contributed by atoms with van der Waals surface area (Å²) in [6.45, 7) is 9.53. The quantitative estimate of drug-likeness (QED) is 0.540. The van der Waals surface area contributed by atoms with E-state index in [4.69, 9.17) is 9.15 Å². The van der Waals surface area contributed by atoms with Crippen molar-refractivity contribution < 1.29 is 13.9 Å². The van der Waals surface area contributed by atoms with Crippen molar-refractivity contribution in [3.05, 3.63) is 58.9 Å². The van der Waals surface area contributed by atoms with Gasteiger partial charge in [-0.15, -0.1) is 0 Å². The molecule has 0 atom stereocenters. The van der Waals surface area contributed by atoms with Crippen molar-refractivity contribution in [2.45, 2.75) is 27.7 Å². The lowest BCUT2D eigenvalue weighted by atomic mass is 9.94. The maximum absolute atomic E-state index is 12.4. The molecule has 5 heteroatoms. The first kappa shape index (κ1) is 22.6. The fraction of sp³-hybridized carbons (Fsp3) is 0.346. The van der Waals surface area contributed by atoms with E-state index in [1.807, 2.05) is 39.1 Å². The van der Waals surface area contributed by atoms with Crippen LogP contribution in [-0.4, -0.2) is 45.1 Å². The van der Waals surface area contributed by atoms with Crippen LogP contribution in [0.4, 0.5) is 0 Å². The molecule has 0 bridgehead atoms. The fourth-order valence-electron chi connectivity index (χ4n) is 3.92. The third-order valence-corrected chi connectivity index (χ3v) is 5.55. The van der Waals surface area contributed by atoms with Crippen LogP contribution in [0.1, 0.15) is 29.2 Å². The first-order valence-electron chi connectivity index (χ1n) is 10.5. The number of hydrogen-bond acceptors (Lipinski definition) is 4. The Balaban J connectivity index is 2.07. The number of nitrogens with one attached hydrogen (secondary N) is 1. The third kappa shape index (κ3) is 4.83. The predicted molar refractivity (Wildman–Crippen MR) is 128 cm³/mol. The maximum Gasteiger partial charge on any atom is 0.244 e. The number of likely N-dealkylation sites (N-methyl/N-ethyl adjacent to an activating group) is 1. The molecular weight excluding hydrogens is 388 g/mol. The molecule has 0 fully saturated rings. The second kappa shape index (κ2) is 9.40. The number of rotatable bonds is 7. The highest BCUT2D eigenvalue weighted by Crippen LogP contribution is 2.41. The molecule has 0 spiro atoms. The van der Waals surface area contributed by atoms with Crippen molar-refractivity contribution in [3.63, 3.8) is 0 Å². The van der Waals surface area contributed by atoms with E-state index in [1.54, 1.807) is 13.2 Å². The van der Waals surface area contributed by atoms with Gasteiger partial charge < -0.3 is 19.4 Å². The Labute approximate surface area is 184 Å². The van der Waals surface area contributed by atoms with Crippen LogP contribution >= 0.6 is 0 Å². The minimum Gasteiger partial charge on any atom is -0.496 e. The van der Waals surface area contributed by atoms with Crippen LogP contribution in [0.3, 0.4) is 0 Å². The molecule has 0 saturated carbocycles. The van der Waals surface area contributed by atoms with Crippen LogP contribution in [0.5, 0.6) is 5.75 Å². The van der Waals surface area contributed by atoms with Gasteiger partial charge in [-0.2, -0.15) is 0 Å². The summed E-state index contributed by atoms with van der Waals surface area (Å²) in [5.41, 5.74) is 8.08. The first-order valence-corrected chi connectivity index (χ1v) is 10.5. The number of benzene rings is 2. The van der Waals surface area contributed by atoms with Gasteiger partial charge in [-0.3, -0.25) is 4.79 Å². The number of methoxy groups -OCH3 is 1. The predicted octanol–water partition coefficient (Wildman–Crippen LogP) is 5.11. The molecule has 0 saturated heterocycles. The highest BCUT2D eigenvalue weighted by molar-refractivity contribution is 6.02. The molecule has 1 N–H and O–H groups in total. The SMILES string of the molecule is COc1c(/C(C)=C/C(=O)NCCN(C)C)cc2c(-c3ccc(C)cc3C)coc2c1C. The van der Waals surface area contributed by atoms with Crippen molar-refractivity contribution in [3.8, 4) is 16.9 Å². The Morgan fingerprint density at radius 3 is 2.55 bits per heavy atom. The minimum atomic E-state index is -0.110. The smallest absolute Gasteiger partial charge is 0.244 e. The number of carbonyl (C=O) groups is 1. The number of nitrogens with zero attached hydrogens (tertiary/aromatic N) is 1. The summed E-state index contributed by atoms with van der Waals surface area (Å²) in [5, 5.41) is 3.95. The van der Waals surface area contributed by atoms with Crippen LogP contribution in [0.15, 0.2) is 41.0 Å². The topological polar surface area (TPSA) is 54.7 Å². The summed E-state index contributed by atoms with van der Waals surface area (Å²) < 4.78 is 11.7. The van der Waals surface area contributed by atoms with Gasteiger partial charge in [0.15, 0.2) is 0 Å². The highest BCUT2D eigenvalue weighted by atomic mass is 16.5. The lowest BCUT2D eigenvalue weighted by molar-refractivity contribution is -0.116. The first-order chi connectivity index (χ1) is 14.7. The minimum absolute atomic E-state index is 0.110. The van der Waals surface area contributed by atoms with Gasteiger partial charge in [0.2, 0.25) is 5.91 Å². The molecule has 5 nitrogen and oxygen atoms in total. The fourth-order valence-corrected chi connectivity index (χ4v) is 3.92. The van der Waals surface area contributed by atoms with Gasteiger partial charge in [-0.25, -0.2) is 0 Å². The molecule has 2 aromatic carbocycles. The van der Waals surface area contributed by atoms with E-state index in [-0.39, 0.29) is 5.91 Å². The van der Waals surface area contributed by atoms with Crippen LogP contribution in [0.2, 0.25) is 0 Å². The van der Waals surface area contributed by atoms with Gasteiger partial charge in [0.25, 0.3) is 0 Å². The Morgan fingerprint density at radius 2 is 1.90 bits per heavy atom. The van der Waals surface area contributed by atoms with Gasteiger partial charge in [0, 0.05) is 41.2 Å². The normalized spacial score (nSPS) is 11.9. The molecular formula is C26H32N2O3. The van der Waals surface area contributed by atoms with Gasteiger partial charge in [-0.05, 0) is 64.6 Å². The number of carbonyl (C=O) groups excluding carboxylic acids is 1. The maximum atomic E-state index is 12.4. The third-order valence-electron chi connectivity index (χ3n) is 5.55. The number of hydrogen-bond donors (Lipinski definition) is 1. The number of fused-ring (bicyclic) bond motifs is 1. The van der Waals surface area contributed by atoms with Crippen molar-refractivity contribution in [1.29, 1.82) is 0 Å². The number of allylic oxidation sites excluding steroid dienone is 1. The summed E-state index contributed by atoms with van der Waals surface area (Å²) in [6, 6.07) is 8.49. The summed E-state index contributed by atoms with van der Waals surface area (Å²) in [4.78, 5) is 14.4. The number of furan rings is 1. The largest absolute Gasteiger partial charge is 0.496 e. The van der Waals surface area contributed by atoms with Crippen LogP contribution in [0.25, 0.3) is 27.7 Å². The number of amides is 1. The van der Waals surface area contributed by atoms with Crippen LogP contribution in [-0.2, 0) is 4.79 Å². The Bertz CT molecular complexity index is 1140. The standard InChI is InChI=1S/C26H32N2O3/c1-16-8-9-20(17(2)12-16)23-15-31-26-19(4)25(30-7)21(14-22(23)26)18(3)13-24(29)27-10-11-28(5)6/h8-9,12-15H,10-11H2,1-7H3,(H,27,29)/b18-13+. The van der Waals surface area contributed by atoms with Gasteiger partial charge in [0.1, 0.15) is 11.3 Å². The van der Waals surface area contributed by atoms with Gasteiger partial charge >= 0.3 is 0 Å². The molecule has 1 aromatic heterocycles. The second-order valence-electron chi connectivity index (χ2n) is 8.35. The second-order valence-corrected chi connectivity index (χ2v) is 8.35. The van der Waals surface area contributed by atoms with E-state index in [2.05, 4.69) is 43.4 Å². The lowest BCUT2D eigenvalue weighted by Gasteiger charge is -2.14. The molecule has 0 aliphatic carbocycles. The van der Waals surface area contributed by atoms with E-state index in [0.717, 1.165) is 51.1 Å².